The zero-order chi connectivity index (χ0) is 19.1. The van der Waals surface area contributed by atoms with E-state index < -0.39 is 5.82 Å². The number of hydrogen-bond donors (Lipinski definition) is 2. The van der Waals surface area contributed by atoms with E-state index in [0.29, 0.717) is 16.9 Å². The van der Waals surface area contributed by atoms with Crippen LogP contribution in [0.1, 0.15) is 5.56 Å². The first-order valence-electron chi connectivity index (χ1n) is 7.61. The van der Waals surface area contributed by atoms with E-state index in [0.717, 1.165) is 0 Å². The fourth-order valence-corrected chi connectivity index (χ4v) is 2.42. The van der Waals surface area contributed by atoms with E-state index in [4.69, 9.17) is 16.9 Å². The molecule has 0 saturated heterocycles. The Morgan fingerprint density at radius 3 is 2.27 bits per heavy atom. The lowest BCUT2D eigenvalue weighted by molar-refractivity contribution is -0.119. The molecule has 0 aliphatic heterocycles. The van der Waals surface area contributed by atoms with Crippen LogP contribution in [0.25, 0.3) is 0 Å². The van der Waals surface area contributed by atoms with Crippen LogP contribution in [0.5, 0.6) is 0 Å². The minimum atomic E-state index is -0.448. The van der Waals surface area contributed by atoms with Gasteiger partial charge in [0.1, 0.15) is 11.9 Å². The Hall–Kier alpha value is -2.95. The molecule has 0 aliphatic rings. The van der Waals surface area contributed by atoms with Crippen LogP contribution in [0.3, 0.4) is 0 Å². The number of nitrogens with zero attached hydrogens (tertiary/aromatic N) is 2. The largest absolute Gasteiger partial charge is 0.325 e. The van der Waals surface area contributed by atoms with Crippen molar-refractivity contribution in [2.24, 2.45) is 0 Å². The number of carbonyl (C=O) groups is 2. The van der Waals surface area contributed by atoms with Gasteiger partial charge in [-0.05, 0) is 43.4 Å². The number of rotatable bonds is 6. The Morgan fingerprint density at radius 1 is 1.12 bits per heavy atom. The molecule has 0 unspecified atom stereocenters. The highest BCUT2D eigenvalue weighted by molar-refractivity contribution is 6.32. The van der Waals surface area contributed by atoms with Gasteiger partial charge in [-0.15, -0.1) is 0 Å². The van der Waals surface area contributed by atoms with E-state index in [9.17, 15) is 14.0 Å². The molecule has 6 nitrogen and oxygen atoms in total. The number of benzene rings is 2. The SMILES string of the molecule is CN(CC(=O)Nc1cccc(F)c1)CC(=O)Nc1ccc(C#N)c(Cl)c1. The summed E-state index contributed by atoms with van der Waals surface area (Å²) in [5.41, 5.74) is 1.12. The summed E-state index contributed by atoms with van der Waals surface area (Å²) in [6.45, 7) is -0.0771. The Labute approximate surface area is 155 Å². The van der Waals surface area contributed by atoms with Gasteiger partial charge in [0.15, 0.2) is 0 Å². The van der Waals surface area contributed by atoms with E-state index in [2.05, 4.69) is 10.6 Å². The molecule has 0 saturated carbocycles. The first-order valence-corrected chi connectivity index (χ1v) is 7.98. The van der Waals surface area contributed by atoms with Crippen LogP contribution in [0.4, 0.5) is 15.8 Å². The van der Waals surface area contributed by atoms with Crippen molar-refractivity contribution in [2.45, 2.75) is 0 Å². The van der Waals surface area contributed by atoms with Crippen molar-refractivity contribution in [3.63, 3.8) is 0 Å². The summed E-state index contributed by atoms with van der Waals surface area (Å²) in [6, 6.07) is 12.0. The summed E-state index contributed by atoms with van der Waals surface area (Å²) in [7, 11) is 1.61. The minimum Gasteiger partial charge on any atom is -0.325 e. The van der Waals surface area contributed by atoms with Crippen LogP contribution in [0.2, 0.25) is 5.02 Å². The van der Waals surface area contributed by atoms with E-state index in [1.54, 1.807) is 19.2 Å². The Balaban J connectivity index is 1.84. The predicted molar refractivity (Wildman–Crippen MR) is 97.3 cm³/mol. The molecule has 0 aromatic heterocycles. The Bertz CT molecular complexity index is 867. The highest BCUT2D eigenvalue weighted by Crippen LogP contribution is 2.20. The number of hydrogen-bond acceptors (Lipinski definition) is 4. The van der Waals surface area contributed by atoms with Crippen LogP contribution < -0.4 is 10.6 Å². The van der Waals surface area contributed by atoms with Gasteiger partial charge in [0, 0.05) is 11.4 Å². The quantitative estimate of drug-likeness (QED) is 0.814. The standard InChI is InChI=1S/C18H16ClFN4O2/c1-24(10-17(25)22-14-4-2-3-13(20)7-14)11-18(26)23-15-6-5-12(9-21)16(19)8-15/h2-8H,10-11H2,1H3,(H,22,25)(H,23,26). The smallest absolute Gasteiger partial charge is 0.238 e. The van der Waals surface area contributed by atoms with E-state index in [1.165, 1.54) is 35.2 Å². The van der Waals surface area contributed by atoms with Gasteiger partial charge in [0.25, 0.3) is 0 Å². The number of nitrogens with one attached hydrogen (secondary N) is 2. The average molecular weight is 375 g/mol. The van der Waals surface area contributed by atoms with Crippen molar-refractivity contribution < 1.29 is 14.0 Å². The van der Waals surface area contributed by atoms with Crippen LogP contribution in [-0.4, -0.2) is 36.9 Å². The van der Waals surface area contributed by atoms with E-state index in [1.807, 2.05) is 6.07 Å². The second-order valence-electron chi connectivity index (χ2n) is 5.59. The monoisotopic (exact) mass is 374 g/mol. The van der Waals surface area contributed by atoms with Gasteiger partial charge in [-0.2, -0.15) is 5.26 Å². The van der Waals surface area contributed by atoms with E-state index >= 15 is 0 Å². The van der Waals surface area contributed by atoms with Crippen molar-refractivity contribution in [3.8, 4) is 6.07 Å². The molecule has 2 N–H and O–H groups in total. The van der Waals surface area contributed by atoms with Gasteiger partial charge >= 0.3 is 0 Å². The molecule has 26 heavy (non-hydrogen) atoms. The number of anilines is 2. The second kappa shape index (κ2) is 8.94. The third-order valence-corrected chi connectivity index (χ3v) is 3.62. The molecule has 2 amide bonds. The topological polar surface area (TPSA) is 85.2 Å². The van der Waals surface area contributed by atoms with Crippen LogP contribution in [0.15, 0.2) is 42.5 Å². The third kappa shape index (κ3) is 5.84. The Kier molecular flexibility index (Phi) is 6.67. The third-order valence-electron chi connectivity index (χ3n) is 3.31. The molecule has 0 atom stereocenters. The van der Waals surface area contributed by atoms with Crippen molar-refractivity contribution in [1.82, 2.24) is 4.90 Å². The number of carbonyl (C=O) groups excluding carboxylic acids is 2. The lowest BCUT2D eigenvalue weighted by Crippen LogP contribution is -2.36. The number of amides is 2. The molecule has 0 spiro atoms. The fourth-order valence-electron chi connectivity index (χ4n) is 2.20. The molecular weight excluding hydrogens is 359 g/mol. The summed E-state index contributed by atoms with van der Waals surface area (Å²) >= 11 is 5.91. The Morgan fingerprint density at radius 2 is 1.73 bits per heavy atom. The highest BCUT2D eigenvalue weighted by Gasteiger charge is 2.12. The van der Waals surface area contributed by atoms with Gasteiger partial charge in [0.05, 0.1) is 23.7 Å². The molecule has 2 aromatic carbocycles. The summed E-state index contributed by atoms with van der Waals surface area (Å²) in [4.78, 5) is 25.5. The van der Waals surface area contributed by atoms with E-state index in [-0.39, 0.29) is 29.9 Å². The molecule has 0 aliphatic carbocycles. The number of likely N-dealkylation sites (N-methyl/N-ethyl adjacent to an activating group) is 1. The summed E-state index contributed by atoms with van der Waals surface area (Å²) < 4.78 is 13.1. The van der Waals surface area contributed by atoms with Crippen molar-refractivity contribution >= 4 is 34.8 Å². The van der Waals surface area contributed by atoms with Gasteiger partial charge in [-0.3, -0.25) is 14.5 Å². The lowest BCUT2D eigenvalue weighted by Gasteiger charge is -2.16. The van der Waals surface area contributed by atoms with Crippen molar-refractivity contribution in [1.29, 1.82) is 5.26 Å². The predicted octanol–water partition coefficient (Wildman–Crippen LogP) is 2.86. The fraction of sp³-hybridized carbons (Fsp3) is 0.167. The van der Waals surface area contributed by atoms with Gasteiger partial charge in [0.2, 0.25) is 11.8 Å². The van der Waals surface area contributed by atoms with Gasteiger partial charge in [-0.25, -0.2) is 4.39 Å². The summed E-state index contributed by atoms with van der Waals surface area (Å²) in [5, 5.41) is 14.3. The normalized spacial score (nSPS) is 10.3. The van der Waals surface area contributed by atoms with Gasteiger partial charge in [-0.1, -0.05) is 17.7 Å². The molecule has 2 rings (SSSR count). The molecule has 0 bridgehead atoms. The zero-order valence-corrected chi connectivity index (χ0v) is 14.7. The average Bonchev–Trinajstić information content (AvgIpc) is 2.54. The number of halogens is 2. The van der Waals surface area contributed by atoms with Crippen LogP contribution >= 0.6 is 11.6 Å². The maximum Gasteiger partial charge on any atom is 0.238 e. The maximum atomic E-state index is 13.1. The second-order valence-corrected chi connectivity index (χ2v) is 5.99. The highest BCUT2D eigenvalue weighted by atomic mass is 35.5. The van der Waals surface area contributed by atoms with Gasteiger partial charge < -0.3 is 10.6 Å². The van der Waals surface area contributed by atoms with Crippen LogP contribution in [0, 0.1) is 17.1 Å². The minimum absolute atomic E-state index is 0.0335. The van der Waals surface area contributed by atoms with Crippen molar-refractivity contribution in [2.75, 3.05) is 30.8 Å². The summed E-state index contributed by atoms with van der Waals surface area (Å²) in [6.07, 6.45) is 0. The molecule has 0 radical (unpaired) electrons. The summed E-state index contributed by atoms with van der Waals surface area (Å²) in [5.74, 6) is -1.16. The molecule has 0 fully saturated rings. The molecule has 2 aromatic rings. The first-order chi connectivity index (χ1) is 12.4. The molecule has 0 heterocycles. The lowest BCUT2D eigenvalue weighted by atomic mass is 10.2. The molecule has 8 heteroatoms. The van der Waals surface area contributed by atoms with Crippen LogP contribution in [-0.2, 0) is 9.59 Å². The zero-order valence-electron chi connectivity index (χ0n) is 13.9. The molecule has 134 valence electrons. The maximum absolute atomic E-state index is 13.1. The first kappa shape index (κ1) is 19.4. The van der Waals surface area contributed by atoms with Crippen molar-refractivity contribution in [3.05, 3.63) is 58.9 Å². The molecular formula is C18H16ClFN4O2. The number of nitriles is 1.